The van der Waals surface area contributed by atoms with Crippen LogP contribution in [-0.4, -0.2) is 138 Å². The van der Waals surface area contributed by atoms with Crippen molar-refractivity contribution in [3.05, 3.63) is 47.5 Å². The minimum absolute atomic E-state index is 0.0569. The molecular weight excluding hydrogens is 620 g/mol. The third-order valence-electron chi connectivity index (χ3n) is 10.1. The highest BCUT2D eigenvalue weighted by molar-refractivity contribution is 6.06. The third-order valence-corrected chi connectivity index (χ3v) is 10.1. The number of ketones is 2. The van der Waals surface area contributed by atoms with Crippen LogP contribution in [0.4, 0.5) is 0 Å². The molecule has 0 amide bonds. The fraction of sp³-hybridized carbons (Fsp3) is 0.641. The first kappa shape index (κ1) is 38.6. The number of rotatable bonds is 20. The maximum atomic E-state index is 13.3. The molecule has 0 saturated carbocycles. The van der Waals surface area contributed by atoms with Gasteiger partial charge in [-0.3, -0.25) is 9.59 Å². The molecule has 0 radical (unpaired) electrons. The van der Waals surface area contributed by atoms with Crippen molar-refractivity contribution in [1.29, 1.82) is 0 Å². The van der Waals surface area contributed by atoms with Crippen molar-refractivity contribution in [2.24, 2.45) is 5.41 Å². The quantitative estimate of drug-likeness (QED) is 0.148. The molecule has 2 aliphatic rings. The number of hydrogen-bond donors (Lipinski definition) is 0. The highest BCUT2D eigenvalue weighted by atomic mass is 16.5. The van der Waals surface area contributed by atoms with Crippen LogP contribution in [-0.2, 0) is 22.4 Å². The van der Waals surface area contributed by atoms with Gasteiger partial charge in [-0.25, -0.2) is 0 Å². The van der Waals surface area contributed by atoms with Gasteiger partial charge in [-0.2, -0.15) is 0 Å². The second kappa shape index (κ2) is 19.3. The normalized spacial score (nSPS) is 16.8. The zero-order valence-electron chi connectivity index (χ0n) is 30.9. The average molecular weight is 681 g/mol. The number of hydrogen-bond acceptors (Lipinski definition) is 10. The van der Waals surface area contributed by atoms with Crippen LogP contribution < -0.4 is 18.9 Å². The number of likely N-dealkylation sites (N-methyl/N-ethyl adjacent to an activating group) is 2. The Morgan fingerprint density at radius 3 is 1.37 bits per heavy atom. The first-order chi connectivity index (χ1) is 23.6. The summed E-state index contributed by atoms with van der Waals surface area (Å²) in [6.07, 6.45) is 3.53. The number of ether oxygens (including phenoxy) is 4. The third kappa shape index (κ3) is 12.0. The van der Waals surface area contributed by atoms with Gasteiger partial charge < -0.3 is 38.5 Å². The lowest BCUT2D eigenvalue weighted by atomic mass is 9.79. The Kier molecular flexibility index (Phi) is 15.2. The summed E-state index contributed by atoms with van der Waals surface area (Å²) in [5, 5.41) is 0. The summed E-state index contributed by atoms with van der Waals surface area (Å²) in [5.41, 5.74) is 0.896. The Balaban J connectivity index is 1.18. The molecular formula is C39H60N4O6. The number of methoxy groups -OCH3 is 2. The van der Waals surface area contributed by atoms with Crippen molar-refractivity contribution in [1.82, 2.24) is 19.6 Å². The molecule has 2 aliphatic heterocycles. The molecule has 49 heavy (non-hydrogen) atoms. The lowest BCUT2D eigenvalue weighted by Gasteiger charge is -2.32. The van der Waals surface area contributed by atoms with E-state index in [-0.39, 0.29) is 24.4 Å². The van der Waals surface area contributed by atoms with E-state index in [4.69, 9.17) is 18.9 Å². The number of benzene rings is 2. The van der Waals surface area contributed by atoms with Gasteiger partial charge in [-0.1, -0.05) is 12.1 Å². The number of carbonyl (C=O) groups is 2. The molecule has 0 atom stereocenters. The Morgan fingerprint density at radius 2 is 1.00 bits per heavy atom. The van der Waals surface area contributed by atoms with Crippen LogP contribution in [0.25, 0.3) is 0 Å². The Bertz CT molecular complexity index is 1240. The molecule has 4 rings (SSSR count). The maximum Gasteiger partial charge on any atom is 0.161 e. The van der Waals surface area contributed by atoms with Crippen molar-refractivity contribution in [3.8, 4) is 23.0 Å². The summed E-state index contributed by atoms with van der Waals surface area (Å²) >= 11 is 0. The Morgan fingerprint density at radius 1 is 0.612 bits per heavy atom. The smallest absolute Gasteiger partial charge is 0.161 e. The molecule has 0 N–H and O–H groups in total. The molecule has 2 saturated heterocycles. The SMILES string of the molecule is COc1cc(CCC(=O)C(C)(C)C(=O)CCc2ccc(OCCCN3CCN(C)CC3)c(OC)c2)ccc1OCCCN1CCN(C)CC1. The van der Waals surface area contributed by atoms with Gasteiger partial charge in [0.05, 0.1) is 32.8 Å². The molecule has 0 unspecified atom stereocenters. The second-order valence-corrected chi connectivity index (χ2v) is 14.1. The van der Waals surface area contributed by atoms with Gasteiger partial charge in [0.25, 0.3) is 0 Å². The lowest BCUT2D eigenvalue weighted by Crippen LogP contribution is -2.44. The lowest BCUT2D eigenvalue weighted by molar-refractivity contribution is -0.138. The van der Waals surface area contributed by atoms with Crippen molar-refractivity contribution >= 4 is 11.6 Å². The molecule has 2 fully saturated rings. The fourth-order valence-electron chi connectivity index (χ4n) is 6.35. The largest absolute Gasteiger partial charge is 0.493 e. The number of nitrogens with zero attached hydrogens (tertiary/aromatic N) is 4. The van der Waals surface area contributed by atoms with Crippen molar-refractivity contribution in [3.63, 3.8) is 0 Å². The van der Waals surface area contributed by atoms with E-state index >= 15 is 0 Å². The summed E-state index contributed by atoms with van der Waals surface area (Å²) in [7, 11) is 7.60. The van der Waals surface area contributed by atoms with Crippen LogP contribution in [0.2, 0.25) is 0 Å². The number of piperazine rings is 2. The minimum atomic E-state index is -1.06. The predicted molar refractivity (Wildman–Crippen MR) is 195 cm³/mol. The highest BCUT2D eigenvalue weighted by Gasteiger charge is 2.34. The molecule has 2 heterocycles. The van der Waals surface area contributed by atoms with E-state index in [2.05, 4.69) is 33.7 Å². The minimum Gasteiger partial charge on any atom is -0.493 e. The molecule has 0 aromatic heterocycles. The first-order valence-corrected chi connectivity index (χ1v) is 18.1. The van der Waals surface area contributed by atoms with Crippen molar-refractivity contribution < 1.29 is 28.5 Å². The van der Waals surface area contributed by atoms with Crippen LogP contribution in [0.3, 0.4) is 0 Å². The van der Waals surface area contributed by atoms with Crippen LogP contribution in [0.5, 0.6) is 23.0 Å². The van der Waals surface area contributed by atoms with Crippen LogP contribution >= 0.6 is 0 Å². The van der Waals surface area contributed by atoms with E-state index in [1.165, 1.54) is 0 Å². The van der Waals surface area contributed by atoms with Crippen LogP contribution in [0, 0.1) is 5.41 Å². The van der Waals surface area contributed by atoms with Crippen molar-refractivity contribution in [2.75, 3.05) is 107 Å². The Labute approximate surface area is 294 Å². The zero-order valence-corrected chi connectivity index (χ0v) is 30.9. The summed E-state index contributed by atoms with van der Waals surface area (Å²) in [6.45, 7) is 15.7. The van der Waals surface area contributed by atoms with Gasteiger partial charge in [0, 0.05) is 78.3 Å². The molecule has 2 aromatic carbocycles. The topological polar surface area (TPSA) is 84.0 Å². The summed E-state index contributed by atoms with van der Waals surface area (Å²) in [6, 6.07) is 11.7. The highest BCUT2D eigenvalue weighted by Crippen LogP contribution is 2.31. The number of carbonyl (C=O) groups excluding carboxylic acids is 2. The van der Waals surface area contributed by atoms with Gasteiger partial charge in [0.1, 0.15) is 11.6 Å². The molecule has 10 nitrogen and oxygen atoms in total. The molecule has 0 bridgehead atoms. The van der Waals surface area contributed by atoms with E-state index in [0.29, 0.717) is 49.1 Å². The van der Waals surface area contributed by atoms with E-state index in [1.807, 2.05) is 36.4 Å². The number of aryl methyl sites for hydroxylation is 2. The second-order valence-electron chi connectivity index (χ2n) is 14.1. The number of Topliss-reactive ketones (excluding diaryl/α,β-unsaturated/α-hetero) is 2. The van der Waals surface area contributed by atoms with E-state index in [1.54, 1.807) is 28.1 Å². The standard InChI is InChI=1S/C39H60N4O6/c1-39(2,37(44)15-11-31-9-13-33(35(29-31)46-5)48-27-7-17-42-23-19-40(3)20-24-42)38(45)16-12-32-10-14-34(36(30-32)47-6)49-28-8-18-43-25-21-41(4)22-26-43/h9-10,13-14,29-30H,7-8,11-12,15-28H2,1-6H3. The molecule has 0 aliphatic carbocycles. The van der Waals surface area contributed by atoms with Gasteiger partial charge >= 0.3 is 0 Å². The summed E-state index contributed by atoms with van der Waals surface area (Å²) in [4.78, 5) is 36.3. The average Bonchev–Trinajstić information content (AvgIpc) is 3.11. The van der Waals surface area contributed by atoms with Crippen molar-refractivity contribution in [2.45, 2.75) is 52.4 Å². The van der Waals surface area contributed by atoms with E-state index in [9.17, 15) is 9.59 Å². The van der Waals surface area contributed by atoms with Gasteiger partial charge in [-0.05, 0) is 89.0 Å². The Hall–Kier alpha value is -3.18. The van der Waals surface area contributed by atoms with Gasteiger partial charge in [0.15, 0.2) is 23.0 Å². The van der Waals surface area contributed by atoms with Crippen LogP contribution in [0.15, 0.2) is 36.4 Å². The zero-order chi connectivity index (χ0) is 35.2. The first-order valence-electron chi connectivity index (χ1n) is 18.1. The molecule has 0 spiro atoms. The van der Waals surface area contributed by atoms with Gasteiger partial charge in [0.2, 0.25) is 0 Å². The van der Waals surface area contributed by atoms with Crippen LogP contribution in [0.1, 0.15) is 50.7 Å². The summed E-state index contributed by atoms with van der Waals surface area (Å²) < 4.78 is 23.3. The summed E-state index contributed by atoms with van der Waals surface area (Å²) in [5.74, 6) is 2.64. The molecule has 272 valence electrons. The van der Waals surface area contributed by atoms with E-state index < -0.39 is 5.41 Å². The predicted octanol–water partition coefficient (Wildman–Crippen LogP) is 4.47. The monoisotopic (exact) mass is 680 g/mol. The fourth-order valence-corrected chi connectivity index (χ4v) is 6.35. The molecule has 2 aromatic rings. The maximum absolute atomic E-state index is 13.3. The van der Waals surface area contributed by atoms with E-state index in [0.717, 1.165) is 89.4 Å². The molecule has 10 heteroatoms. The van der Waals surface area contributed by atoms with Gasteiger partial charge in [-0.15, -0.1) is 0 Å².